The van der Waals surface area contributed by atoms with Crippen LogP contribution in [0.2, 0.25) is 0 Å². The lowest BCUT2D eigenvalue weighted by Crippen LogP contribution is -2.53. The molecule has 0 aromatic heterocycles. The Morgan fingerprint density at radius 1 is 1.16 bits per heavy atom. The van der Waals surface area contributed by atoms with Gasteiger partial charge >= 0.3 is 5.97 Å². The Bertz CT molecular complexity index is 612. The highest BCUT2D eigenvalue weighted by atomic mass is 16.5. The number of nitrogens with zero attached hydrogens (tertiary/aromatic N) is 1. The van der Waals surface area contributed by atoms with Crippen molar-refractivity contribution in [1.29, 1.82) is 0 Å². The molecule has 2 aliphatic heterocycles. The molecule has 136 valence electrons. The zero-order valence-electron chi connectivity index (χ0n) is 14.8. The fraction of sp³-hybridized carbons (Fsp3) is 0.579. The predicted octanol–water partition coefficient (Wildman–Crippen LogP) is 1.52. The number of hydrogen-bond acceptors (Lipinski definition) is 5. The van der Waals surface area contributed by atoms with E-state index in [0.717, 1.165) is 5.56 Å². The molecule has 0 radical (unpaired) electrons. The number of hydrogen-bond donors (Lipinski definition) is 0. The van der Waals surface area contributed by atoms with E-state index in [9.17, 15) is 9.59 Å². The Labute approximate surface area is 148 Å². The van der Waals surface area contributed by atoms with Crippen molar-refractivity contribution in [3.8, 4) is 0 Å². The van der Waals surface area contributed by atoms with Crippen LogP contribution in [0.25, 0.3) is 0 Å². The molecule has 1 amide bonds. The number of likely N-dealkylation sites (tertiary alicyclic amines) is 1. The van der Waals surface area contributed by atoms with Crippen LogP contribution in [0.3, 0.4) is 0 Å². The molecule has 1 aromatic rings. The number of benzene rings is 1. The Morgan fingerprint density at radius 2 is 1.84 bits per heavy atom. The van der Waals surface area contributed by atoms with Crippen LogP contribution in [-0.2, 0) is 29.2 Å². The first-order chi connectivity index (χ1) is 12.1. The summed E-state index contributed by atoms with van der Waals surface area (Å²) in [6.45, 7) is 1.47. The van der Waals surface area contributed by atoms with Crippen molar-refractivity contribution in [2.75, 3.05) is 34.0 Å². The molecule has 2 atom stereocenters. The first-order valence-corrected chi connectivity index (χ1v) is 8.67. The van der Waals surface area contributed by atoms with Crippen LogP contribution in [0.5, 0.6) is 0 Å². The number of amides is 1. The second kappa shape index (κ2) is 7.54. The van der Waals surface area contributed by atoms with Crippen LogP contribution in [0.1, 0.15) is 24.8 Å². The van der Waals surface area contributed by atoms with Gasteiger partial charge in [0, 0.05) is 33.3 Å². The van der Waals surface area contributed by atoms with Crippen molar-refractivity contribution >= 4 is 11.9 Å². The third kappa shape index (κ3) is 3.28. The van der Waals surface area contributed by atoms with Gasteiger partial charge in [0.1, 0.15) is 6.04 Å². The Kier molecular flexibility index (Phi) is 5.39. The summed E-state index contributed by atoms with van der Waals surface area (Å²) in [5.74, 6) is -0.417. The lowest BCUT2D eigenvalue weighted by atomic mass is 9.73. The van der Waals surface area contributed by atoms with Gasteiger partial charge in [0.2, 0.25) is 5.91 Å². The second-order valence-corrected chi connectivity index (χ2v) is 6.65. The van der Waals surface area contributed by atoms with Crippen LogP contribution in [0.15, 0.2) is 30.3 Å². The molecule has 2 aliphatic rings. The lowest BCUT2D eigenvalue weighted by molar-refractivity contribution is -0.154. The third-order valence-electron chi connectivity index (χ3n) is 5.41. The van der Waals surface area contributed by atoms with Gasteiger partial charge in [0.25, 0.3) is 0 Å². The molecule has 6 nitrogen and oxygen atoms in total. The quantitative estimate of drug-likeness (QED) is 0.773. The van der Waals surface area contributed by atoms with E-state index in [2.05, 4.69) is 0 Å². The third-order valence-corrected chi connectivity index (χ3v) is 5.41. The summed E-state index contributed by atoms with van der Waals surface area (Å²) < 4.78 is 15.8. The van der Waals surface area contributed by atoms with Gasteiger partial charge in [-0.05, 0) is 18.4 Å². The molecule has 0 N–H and O–H groups in total. The number of rotatable bonds is 4. The van der Waals surface area contributed by atoms with Gasteiger partial charge in [0.05, 0.1) is 18.6 Å². The van der Waals surface area contributed by atoms with E-state index in [1.54, 1.807) is 12.0 Å². The number of ether oxygens (including phenoxy) is 3. The number of methoxy groups -OCH3 is 2. The van der Waals surface area contributed by atoms with Crippen molar-refractivity contribution < 1.29 is 23.8 Å². The molecular weight excluding hydrogens is 322 g/mol. The minimum absolute atomic E-state index is 0.0306. The molecule has 0 aliphatic carbocycles. The maximum Gasteiger partial charge on any atom is 0.328 e. The molecule has 3 rings (SSSR count). The maximum absolute atomic E-state index is 13.6. The fourth-order valence-electron chi connectivity index (χ4n) is 3.93. The first-order valence-electron chi connectivity index (χ1n) is 8.67. The van der Waals surface area contributed by atoms with Crippen molar-refractivity contribution in [2.45, 2.75) is 36.8 Å². The standard InChI is InChI=1S/C19H25NO5/c1-23-15-12-16(17(21)24-2)20(13-15)18(22)19(8-10-25-11-9-19)14-6-4-3-5-7-14/h3-7,15-16H,8-13H2,1-2H3/t15-,16-/m0/s1. The average Bonchev–Trinajstić information content (AvgIpc) is 3.12. The molecule has 0 spiro atoms. The van der Waals surface area contributed by atoms with Gasteiger partial charge in [-0.1, -0.05) is 30.3 Å². The summed E-state index contributed by atoms with van der Waals surface area (Å²) in [5.41, 5.74) is 0.321. The van der Waals surface area contributed by atoms with Gasteiger partial charge in [-0.2, -0.15) is 0 Å². The van der Waals surface area contributed by atoms with Gasteiger partial charge in [-0.25, -0.2) is 4.79 Å². The first kappa shape index (κ1) is 17.9. The van der Waals surface area contributed by atoms with Gasteiger partial charge in [-0.3, -0.25) is 4.79 Å². The van der Waals surface area contributed by atoms with Crippen molar-refractivity contribution in [2.24, 2.45) is 0 Å². The summed E-state index contributed by atoms with van der Waals surface area (Å²) in [6, 6.07) is 9.21. The van der Waals surface area contributed by atoms with Gasteiger partial charge in [0.15, 0.2) is 0 Å². The monoisotopic (exact) mass is 347 g/mol. The van der Waals surface area contributed by atoms with E-state index in [-0.39, 0.29) is 18.0 Å². The summed E-state index contributed by atoms with van der Waals surface area (Å²) in [7, 11) is 2.96. The molecule has 0 unspecified atom stereocenters. The molecule has 0 saturated carbocycles. The molecule has 2 saturated heterocycles. The van der Waals surface area contributed by atoms with Crippen LogP contribution in [-0.4, -0.2) is 62.9 Å². The highest BCUT2D eigenvalue weighted by Gasteiger charge is 2.50. The molecule has 25 heavy (non-hydrogen) atoms. The Morgan fingerprint density at radius 3 is 2.44 bits per heavy atom. The zero-order chi connectivity index (χ0) is 17.9. The van der Waals surface area contributed by atoms with Crippen molar-refractivity contribution in [3.05, 3.63) is 35.9 Å². The summed E-state index contributed by atoms with van der Waals surface area (Å²) in [4.78, 5) is 27.5. The minimum Gasteiger partial charge on any atom is -0.467 e. The van der Waals surface area contributed by atoms with Crippen LogP contribution >= 0.6 is 0 Å². The van der Waals surface area contributed by atoms with E-state index in [4.69, 9.17) is 14.2 Å². The van der Waals surface area contributed by atoms with E-state index in [1.807, 2.05) is 30.3 Å². The lowest BCUT2D eigenvalue weighted by Gasteiger charge is -2.40. The molecule has 0 bridgehead atoms. The maximum atomic E-state index is 13.6. The number of carbonyl (C=O) groups excluding carboxylic acids is 2. The van der Waals surface area contributed by atoms with Crippen LogP contribution < -0.4 is 0 Å². The van der Waals surface area contributed by atoms with E-state index in [0.29, 0.717) is 39.0 Å². The number of carbonyl (C=O) groups is 2. The fourth-order valence-corrected chi connectivity index (χ4v) is 3.93. The Hall–Kier alpha value is -1.92. The van der Waals surface area contributed by atoms with Gasteiger partial charge in [-0.15, -0.1) is 0 Å². The van der Waals surface area contributed by atoms with Crippen LogP contribution in [0, 0.1) is 0 Å². The van der Waals surface area contributed by atoms with E-state index in [1.165, 1.54) is 7.11 Å². The normalized spacial score (nSPS) is 25.6. The molecule has 6 heteroatoms. The van der Waals surface area contributed by atoms with E-state index < -0.39 is 11.5 Å². The summed E-state index contributed by atoms with van der Waals surface area (Å²) in [5, 5.41) is 0. The van der Waals surface area contributed by atoms with Crippen LogP contribution in [0.4, 0.5) is 0 Å². The number of esters is 1. The highest BCUT2D eigenvalue weighted by Crippen LogP contribution is 2.39. The van der Waals surface area contributed by atoms with E-state index >= 15 is 0 Å². The van der Waals surface area contributed by atoms with Crippen molar-refractivity contribution in [1.82, 2.24) is 4.90 Å². The largest absolute Gasteiger partial charge is 0.467 e. The smallest absolute Gasteiger partial charge is 0.328 e. The molecule has 1 aromatic carbocycles. The predicted molar refractivity (Wildman–Crippen MR) is 91.1 cm³/mol. The average molecular weight is 347 g/mol. The molecular formula is C19H25NO5. The van der Waals surface area contributed by atoms with Crippen molar-refractivity contribution in [3.63, 3.8) is 0 Å². The summed E-state index contributed by atoms with van der Waals surface area (Å²) >= 11 is 0. The minimum atomic E-state index is -0.658. The van der Waals surface area contributed by atoms with Gasteiger partial charge < -0.3 is 19.1 Å². The topological polar surface area (TPSA) is 65.1 Å². The highest BCUT2D eigenvalue weighted by molar-refractivity contribution is 5.92. The Balaban J connectivity index is 1.95. The summed E-state index contributed by atoms with van der Waals surface area (Å²) in [6.07, 6.45) is 1.53. The molecule has 2 fully saturated rings. The zero-order valence-corrected chi connectivity index (χ0v) is 14.8. The SMILES string of the molecule is COC(=O)[C@@H]1C[C@H](OC)CN1C(=O)C1(c2ccccc2)CCOCC1. The molecule has 2 heterocycles. The second-order valence-electron chi connectivity index (χ2n) is 6.65.